The first kappa shape index (κ1) is 23.8. The van der Waals surface area contributed by atoms with Crippen LogP contribution in [-0.2, 0) is 9.53 Å². The number of thiazole rings is 1. The van der Waals surface area contributed by atoms with Crippen LogP contribution in [0.1, 0.15) is 31.0 Å². The Labute approximate surface area is 205 Å². The van der Waals surface area contributed by atoms with E-state index in [2.05, 4.69) is 4.99 Å². The van der Waals surface area contributed by atoms with Crippen molar-refractivity contribution < 1.29 is 19.0 Å². The molecule has 1 atom stereocenters. The van der Waals surface area contributed by atoms with E-state index in [0.717, 1.165) is 11.1 Å². The molecule has 0 unspecified atom stereocenters. The Balaban J connectivity index is 1.92. The number of carbonyl (C=O) groups is 1. The predicted molar refractivity (Wildman–Crippen MR) is 131 cm³/mol. The molecule has 1 aliphatic rings. The van der Waals surface area contributed by atoms with E-state index in [4.69, 9.17) is 25.8 Å². The van der Waals surface area contributed by atoms with Crippen LogP contribution in [0.25, 0.3) is 6.08 Å². The number of methoxy groups -OCH3 is 2. The quantitative estimate of drug-likeness (QED) is 0.486. The van der Waals surface area contributed by atoms with Crippen molar-refractivity contribution in [3.63, 3.8) is 0 Å². The number of fused-ring (bicyclic) bond motifs is 1. The topological polar surface area (TPSA) is 79.1 Å². The van der Waals surface area contributed by atoms with Gasteiger partial charge in [-0.05, 0) is 55.3 Å². The Kier molecular flexibility index (Phi) is 6.90. The lowest BCUT2D eigenvalue weighted by atomic mass is 9.96. The van der Waals surface area contributed by atoms with Gasteiger partial charge < -0.3 is 14.2 Å². The van der Waals surface area contributed by atoms with Gasteiger partial charge >= 0.3 is 5.97 Å². The second-order valence-electron chi connectivity index (χ2n) is 7.47. The van der Waals surface area contributed by atoms with Crippen molar-refractivity contribution in [1.29, 1.82) is 0 Å². The lowest BCUT2D eigenvalue weighted by Crippen LogP contribution is -2.39. The summed E-state index contributed by atoms with van der Waals surface area (Å²) in [5.74, 6) is 0.653. The van der Waals surface area contributed by atoms with Gasteiger partial charge in [-0.25, -0.2) is 9.79 Å². The fourth-order valence-electron chi connectivity index (χ4n) is 3.85. The van der Waals surface area contributed by atoms with Crippen LogP contribution in [0.15, 0.2) is 63.5 Å². The summed E-state index contributed by atoms with van der Waals surface area (Å²) in [6.07, 6.45) is 1.77. The Morgan fingerprint density at radius 1 is 1.15 bits per heavy atom. The van der Waals surface area contributed by atoms with Crippen molar-refractivity contribution in [2.75, 3.05) is 20.8 Å². The molecule has 0 bridgehead atoms. The molecule has 3 aromatic rings. The fourth-order valence-corrected chi connectivity index (χ4v) is 5.02. The maximum absolute atomic E-state index is 13.6. The number of hydrogen-bond acceptors (Lipinski definition) is 7. The van der Waals surface area contributed by atoms with Gasteiger partial charge in [0.25, 0.3) is 5.56 Å². The van der Waals surface area contributed by atoms with Crippen LogP contribution in [0.2, 0.25) is 5.02 Å². The third kappa shape index (κ3) is 4.38. The zero-order valence-electron chi connectivity index (χ0n) is 19.1. The smallest absolute Gasteiger partial charge is 0.338 e. The number of benzene rings is 2. The molecule has 176 valence electrons. The van der Waals surface area contributed by atoms with E-state index in [1.807, 2.05) is 6.07 Å². The summed E-state index contributed by atoms with van der Waals surface area (Å²) in [6.45, 7) is 3.71. The van der Waals surface area contributed by atoms with Gasteiger partial charge in [-0.1, -0.05) is 41.1 Å². The van der Waals surface area contributed by atoms with E-state index in [0.29, 0.717) is 37.1 Å². The summed E-state index contributed by atoms with van der Waals surface area (Å²) in [4.78, 5) is 31.6. The minimum Gasteiger partial charge on any atom is -0.493 e. The lowest BCUT2D eigenvalue weighted by molar-refractivity contribution is -0.139. The van der Waals surface area contributed by atoms with Gasteiger partial charge in [0.2, 0.25) is 0 Å². The van der Waals surface area contributed by atoms with Crippen molar-refractivity contribution in [2.24, 2.45) is 4.99 Å². The van der Waals surface area contributed by atoms with E-state index in [9.17, 15) is 9.59 Å². The minimum absolute atomic E-state index is 0.215. The Morgan fingerprint density at radius 3 is 2.50 bits per heavy atom. The van der Waals surface area contributed by atoms with Crippen molar-refractivity contribution in [3.05, 3.63) is 89.6 Å². The van der Waals surface area contributed by atoms with Crippen LogP contribution in [0.5, 0.6) is 11.5 Å². The molecule has 7 nitrogen and oxygen atoms in total. The first-order valence-corrected chi connectivity index (χ1v) is 11.7. The number of carbonyl (C=O) groups excluding carboxylic acids is 1. The number of rotatable bonds is 6. The zero-order chi connectivity index (χ0) is 24.4. The molecule has 0 radical (unpaired) electrons. The number of nitrogens with zero attached hydrogens (tertiary/aromatic N) is 2. The summed E-state index contributed by atoms with van der Waals surface area (Å²) in [5.41, 5.74) is 2.09. The molecule has 0 amide bonds. The molecule has 0 aliphatic carbocycles. The number of hydrogen-bond donors (Lipinski definition) is 0. The molecule has 0 fully saturated rings. The summed E-state index contributed by atoms with van der Waals surface area (Å²) in [7, 11) is 3.12. The molecule has 0 saturated heterocycles. The molecule has 2 heterocycles. The predicted octanol–water partition coefficient (Wildman–Crippen LogP) is 3.47. The van der Waals surface area contributed by atoms with Crippen LogP contribution < -0.4 is 24.4 Å². The highest BCUT2D eigenvalue weighted by molar-refractivity contribution is 7.07. The van der Waals surface area contributed by atoms with Crippen molar-refractivity contribution in [3.8, 4) is 11.5 Å². The molecule has 1 aliphatic heterocycles. The maximum Gasteiger partial charge on any atom is 0.338 e. The molecule has 2 aromatic carbocycles. The first-order chi connectivity index (χ1) is 16.4. The molecule has 0 saturated carbocycles. The third-order valence-electron chi connectivity index (χ3n) is 5.41. The van der Waals surface area contributed by atoms with Crippen LogP contribution >= 0.6 is 22.9 Å². The second-order valence-corrected chi connectivity index (χ2v) is 8.91. The molecular weight excluding hydrogens is 476 g/mol. The lowest BCUT2D eigenvalue weighted by Gasteiger charge is -2.24. The van der Waals surface area contributed by atoms with Crippen molar-refractivity contribution >= 4 is 35.0 Å². The first-order valence-electron chi connectivity index (χ1n) is 10.5. The van der Waals surface area contributed by atoms with Crippen LogP contribution in [-0.4, -0.2) is 31.4 Å². The highest BCUT2D eigenvalue weighted by atomic mass is 35.5. The van der Waals surface area contributed by atoms with Crippen molar-refractivity contribution in [1.82, 2.24) is 4.57 Å². The van der Waals surface area contributed by atoms with Gasteiger partial charge in [0.1, 0.15) is 0 Å². The minimum atomic E-state index is -0.680. The number of halogens is 1. The van der Waals surface area contributed by atoms with Crippen LogP contribution in [0.3, 0.4) is 0 Å². The summed E-state index contributed by atoms with van der Waals surface area (Å²) < 4.78 is 18.0. The summed E-state index contributed by atoms with van der Waals surface area (Å²) in [6, 6.07) is 11.8. The largest absolute Gasteiger partial charge is 0.493 e. The Hall–Kier alpha value is -3.36. The number of allylic oxidation sites excluding steroid dienone is 1. The molecule has 4 rings (SSSR count). The molecular formula is C25H23ClN2O5S. The van der Waals surface area contributed by atoms with E-state index in [1.165, 1.54) is 11.3 Å². The number of esters is 1. The average Bonchev–Trinajstić information content (AvgIpc) is 3.13. The molecule has 1 aromatic heterocycles. The Morgan fingerprint density at radius 2 is 1.85 bits per heavy atom. The van der Waals surface area contributed by atoms with Gasteiger partial charge in [0, 0.05) is 5.02 Å². The van der Waals surface area contributed by atoms with E-state index in [1.54, 1.807) is 75.1 Å². The van der Waals surface area contributed by atoms with Crippen molar-refractivity contribution in [2.45, 2.75) is 19.9 Å². The SMILES string of the molecule is CCOC(=O)C1=C(C)N=c2s/c(=C\c3ccc(OC)c(OC)c3)c(=O)n2[C@@H]1c1ccc(Cl)cc1. The highest BCUT2D eigenvalue weighted by Crippen LogP contribution is 2.31. The number of ether oxygens (including phenoxy) is 3. The summed E-state index contributed by atoms with van der Waals surface area (Å²) >= 11 is 7.34. The molecule has 34 heavy (non-hydrogen) atoms. The number of aromatic nitrogens is 1. The maximum atomic E-state index is 13.6. The van der Waals surface area contributed by atoms with Gasteiger partial charge in [-0.15, -0.1) is 0 Å². The fraction of sp³-hybridized carbons (Fsp3) is 0.240. The van der Waals surface area contributed by atoms with E-state index >= 15 is 0 Å². The second kappa shape index (κ2) is 9.87. The average molecular weight is 499 g/mol. The van der Waals surface area contributed by atoms with Gasteiger partial charge in [0.15, 0.2) is 16.3 Å². The van der Waals surface area contributed by atoms with Gasteiger partial charge in [-0.3, -0.25) is 9.36 Å². The van der Waals surface area contributed by atoms with E-state index < -0.39 is 12.0 Å². The standard InChI is InChI=1S/C25H23ClN2O5S/c1-5-33-24(30)21-14(2)27-25-28(22(21)16-7-9-17(26)10-8-16)23(29)20(34-25)13-15-6-11-18(31-3)19(12-15)32-4/h6-13,22H,5H2,1-4H3/b20-13-/t22-/m1/s1. The third-order valence-corrected chi connectivity index (χ3v) is 6.64. The van der Waals surface area contributed by atoms with Crippen LogP contribution in [0, 0.1) is 0 Å². The van der Waals surface area contributed by atoms with E-state index in [-0.39, 0.29) is 12.2 Å². The monoisotopic (exact) mass is 498 g/mol. The molecule has 0 spiro atoms. The zero-order valence-corrected chi connectivity index (χ0v) is 20.7. The van der Waals surface area contributed by atoms with Crippen LogP contribution in [0.4, 0.5) is 0 Å². The van der Waals surface area contributed by atoms with Gasteiger partial charge in [-0.2, -0.15) is 0 Å². The Bertz CT molecular complexity index is 1450. The molecule has 0 N–H and O–H groups in total. The normalized spacial score (nSPS) is 15.6. The molecule has 9 heteroatoms. The van der Waals surface area contributed by atoms with Gasteiger partial charge in [0.05, 0.1) is 42.7 Å². The summed E-state index contributed by atoms with van der Waals surface area (Å²) in [5, 5.41) is 0.558. The highest BCUT2D eigenvalue weighted by Gasteiger charge is 2.33.